The molecule has 276 valence electrons. The standard InChI is InChI=1S/C56H35NOS/c1-2-11-40-33-41(20-19-36(40)9-1)37-21-27-44(28-22-37)57(45-29-23-38(24-30-45)42-26-32-54-51(35-42)49-15-5-6-18-53(49)59-54)46-13-7-12-43(34-46)47-16-8-17-52-55(47)50-31-25-39-10-3-4-14-48(39)56(50)58-52/h1-35H. The van der Waals surface area contributed by atoms with Gasteiger partial charge in [-0.05, 0) is 122 Å². The fourth-order valence-electron chi connectivity index (χ4n) is 8.93. The second-order valence-corrected chi connectivity index (χ2v) is 16.4. The fraction of sp³-hybridized carbons (Fsp3) is 0. The van der Waals surface area contributed by atoms with Crippen molar-refractivity contribution in [3.8, 4) is 33.4 Å². The van der Waals surface area contributed by atoms with E-state index >= 15 is 0 Å². The van der Waals surface area contributed by atoms with E-state index in [4.69, 9.17) is 4.42 Å². The average molecular weight is 770 g/mol. The van der Waals surface area contributed by atoms with Crippen LogP contribution in [0.15, 0.2) is 217 Å². The largest absolute Gasteiger partial charge is 0.455 e. The van der Waals surface area contributed by atoms with Crippen molar-refractivity contribution in [1.29, 1.82) is 0 Å². The van der Waals surface area contributed by atoms with E-state index in [0.717, 1.165) is 55.5 Å². The molecule has 0 radical (unpaired) electrons. The van der Waals surface area contributed by atoms with Crippen LogP contribution in [-0.2, 0) is 0 Å². The summed E-state index contributed by atoms with van der Waals surface area (Å²) in [7, 11) is 0. The molecular weight excluding hydrogens is 735 g/mol. The summed E-state index contributed by atoms with van der Waals surface area (Å²) in [4.78, 5) is 2.37. The molecule has 2 nitrogen and oxygen atoms in total. The van der Waals surface area contributed by atoms with E-state index in [0.29, 0.717) is 0 Å². The van der Waals surface area contributed by atoms with E-state index in [9.17, 15) is 0 Å². The summed E-state index contributed by atoms with van der Waals surface area (Å²) in [5, 5.41) is 9.69. The maximum atomic E-state index is 6.59. The number of thiophene rings is 1. The van der Waals surface area contributed by atoms with Gasteiger partial charge in [0.2, 0.25) is 0 Å². The molecule has 2 heterocycles. The van der Waals surface area contributed by atoms with Gasteiger partial charge in [-0.3, -0.25) is 0 Å². The van der Waals surface area contributed by atoms with Crippen LogP contribution < -0.4 is 4.90 Å². The quantitative estimate of drug-likeness (QED) is 0.167. The minimum absolute atomic E-state index is 0.893. The molecular formula is C56H35NOS. The molecule has 59 heavy (non-hydrogen) atoms. The topological polar surface area (TPSA) is 16.4 Å². The number of anilines is 3. The van der Waals surface area contributed by atoms with Crippen LogP contribution in [0.3, 0.4) is 0 Å². The van der Waals surface area contributed by atoms with Crippen molar-refractivity contribution in [2.75, 3.05) is 4.90 Å². The minimum atomic E-state index is 0.893. The number of furan rings is 1. The summed E-state index contributed by atoms with van der Waals surface area (Å²) in [5.74, 6) is 0. The number of rotatable bonds is 6. The van der Waals surface area contributed by atoms with Crippen molar-refractivity contribution in [2.24, 2.45) is 0 Å². The molecule has 0 bridgehead atoms. The Labute approximate surface area is 345 Å². The normalized spacial score (nSPS) is 11.7. The maximum absolute atomic E-state index is 6.59. The van der Waals surface area contributed by atoms with Crippen LogP contribution in [0.4, 0.5) is 17.1 Å². The minimum Gasteiger partial charge on any atom is -0.455 e. The Kier molecular flexibility index (Phi) is 7.75. The Morgan fingerprint density at radius 3 is 1.78 bits per heavy atom. The van der Waals surface area contributed by atoms with Gasteiger partial charge >= 0.3 is 0 Å². The Balaban J connectivity index is 0.975. The van der Waals surface area contributed by atoms with Crippen LogP contribution >= 0.6 is 11.3 Å². The van der Waals surface area contributed by atoms with Crippen molar-refractivity contribution in [1.82, 2.24) is 0 Å². The van der Waals surface area contributed by atoms with Gasteiger partial charge in [-0.15, -0.1) is 11.3 Å². The molecule has 0 aliphatic rings. The van der Waals surface area contributed by atoms with Crippen molar-refractivity contribution < 1.29 is 4.42 Å². The summed E-state index contributed by atoms with van der Waals surface area (Å²) in [5.41, 5.74) is 12.2. The summed E-state index contributed by atoms with van der Waals surface area (Å²) >= 11 is 1.86. The summed E-state index contributed by atoms with van der Waals surface area (Å²) < 4.78 is 9.23. The van der Waals surface area contributed by atoms with Crippen LogP contribution in [0, 0.1) is 0 Å². The Morgan fingerprint density at radius 1 is 0.339 bits per heavy atom. The van der Waals surface area contributed by atoms with Gasteiger partial charge in [0.05, 0.1) is 0 Å². The van der Waals surface area contributed by atoms with Crippen LogP contribution in [0.5, 0.6) is 0 Å². The molecule has 0 amide bonds. The van der Waals surface area contributed by atoms with E-state index in [-0.39, 0.29) is 0 Å². The molecule has 0 unspecified atom stereocenters. The lowest BCUT2D eigenvalue weighted by atomic mass is 9.97. The highest BCUT2D eigenvalue weighted by molar-refractivity contribution is 7.25. The van der Waals surface area contributed by atoms with Gasteiger partial charge in [-0.25, -0.2) is 0 Å². The van der Waals surface area contributed by atoms with Gasteiger partial charge in [0.25, 0.3) is 0 Å². The smallest absolute Gasteiger partial charge is 0.143 e. The van der Waals surface area contributed by atoms with E-state index in [1.165, 1.54) is 58.6 Å². The first kappa shape index (κ1) is 33.7. The first-order chi connectivity index (χ1) is 29.2. The molecule has 0 saturated heterocycles. The molecule has 0 saturated carbocycles. The SMILES string of the molecule is c1cc(-c2cccc3oc4c5ccccc5ccc4c23)cc(N(c2ccc(-c3ccc4ccccc4c3)cc2)c2ccc(-c3ccc4sc5ccccc5c4c3)cc2)c1. The maximum Gasteiger partial charge on any atom is 0.143 e. The van der Waals surface area contributed by atoms with E-state index in [1.54, 1.807) is 0 Å². The fourth-order valence-corrected chi connectivity index (χ4v) is 10.0. The van der Waals surface area contributed by atoms with Crippen molar-refractivity contribution in [3.05, 3.63) is 212 Å². The van der Waals surface area contributed by atoms with Crippen molar-refractivity contribution >= 4 is 92.1 Å². The summed E-state index contributed by atoms with van der Waals surface area (Å²) in [6.45, 7) is 0. The van der Waals surface area contributed by atoms with Crippen LogP contribution in [0.1, 0.15) is 0 Å². The lowest BCUT2D eigenvalue weighted by molar-refractivity contribution is 0.673. The summed E-state index contributed by atoms with van der Waals surface area (Å²) in [6.07, 6.45) is 0. The highest BCUT2D eigenvalue weighted by Gasteiger charge is 2.18. The average Bonchev–Trinajstić information content (AvgIpc) is 3.88. The van der Waals surface area contributed by atoms with Crippen LogP contribution in [-0.4, -0.2) is 0 Å². The highest BCUT2D eigenvalue weighted by atomic mass is 32.1. The third-order valence-corrected chi connectivity index (χ3v) is 13.0. The molecule has 0 aliphatic heterocycles. The molecule has 10 aromatic carbocycles. The number of fused-ring (bicyclic) bond motifs is 9. The van der Waals surface area contributed by atoms with Gasteiger partial charge in [0.1, 0.15) is 11.2 Å². The number of benzene rings is 10. The van der Waals surface area contributed by atoms with Gasteiger partial charge in [0.15, 0.2) is 0 Å². The molecule has 0 aliphatic carbocycles. The molecule has 0 atom stereocenters. The van der Waals surface area contributed by atoms with Gasteiger partial charge < -0.3 is 9.32 Å². The second kappa shape index (κ2) is 13.6. The zero-order chi connectivity index (χ0) is 38.9. The highest BCUT2D eigenvalue weighted by Crippen LogP contribution is 2.43. The zero-order valence-corrected chi connectivity index (χ0v) is 32.8. The van der Waals surface area contributed by atoms with Crippen molar-refractivity contribution in [2.45, 2.75) is 0 Å². The predicted octanol–water partition coefficient (Wildman–Crippen LogP) is 16.7. The van der Waals surface area contributed by atoms with E-state index < -0.39 is 0 Å². The van der Waals surface area contributed by atoms with E-state index in [2.05, 4.69) is 217 Å². The molecule has 12 aromatic rings. The Hall–Kier alpha value is -7.46. The monoisotopic (exact) mass is 769 g/mol. The Bertz CT molecular complexity index is 3560. The number of hydrogen-bond acceptors (Lipinski definition) is 3. The molecule has 0 N–H and O–H groups in total. The Morgan fingerprint density at radius 2 is 0.966 bits per heavy atom. The van der Waals surface area contributed by atoms with Crippen molar-refractivity contribution in [3.63, 3.8) is 0 Å². The first-order valence-corrected chi connectivity index (χ1v) is 20.9. The van der Waals surface area contributed by atoms with Gasteiger partial charge in [-0.1, -0.05) is 140 Å². The third kappa shape index (κ3) is 5.70. The third-order valence-electron chi connectivity index (χ3n) is 11.8. The van der Waals surface area contributed by atoms with Gasteiger partial charge in [0, 0.05) is 53.4 Å². The number of nitrogens with zero attached hydrogens (tertiary/aromatic N) is 1. The molecule has 2 aromatic heterocycles. The predicted molar refractivity (Wildman–Crippen MR) is 253 cm³/mol. The van der Waals surface area contributed by atoms with E-state index in [1.807, 2.05) is 11.3 Å². The lowest BCUT2D eigenvalue weighted by Gasteiger charge is -2.26. The first-order valence-electron chi connectivity index (χ1n) is 20.1. The molecule has 0 spiro atoms. The van der Waals surface area contributed by atoms with Crippen LogP contribution in [0.25, 0.3) is 97.0 Å². The number of hydrogen-bond donors (Lipinski definition) is 0. The molecule has 0 fully saturated rings. The van der Waals surface area contributed by atoms with Crippen LogP contribution in [0.2, 0.25) is 0 Å². The zero-order valence-electron chi connectivity index (χ0n) is 32.0. The molecule has 12 rings (SSSR count). The second-order valence-electron chi connectivity index (χ2n) is 15.3. The lowest BCUT2D eigenvalue weighted by Crippen LogP contribution is -2.10. The molecule has 3 heteroatoms. The van der Waals surface area contributed by atoms with Gasteiger partial charge in [-0.2, -0.15) is 0 Å². The summed E-state index contributed by atoms with van der Waals surface area (Å²) in [6, 6.07) is 77.0.